The maximum Gasteiger partial charge on any atom is 0.143 e. The molecule has 0 aliphatic heterocycles. The van der Waals surface area contributed by atoms with Crippen LogP contribution in [0.5, 0.6) is 5.75 Å². The zero-order valence-corrected chi connectivity index (χ0v) is 13.9. The molecule has 0 fully saturated rings. The molecule has 2 aromatic rings. The smallest absolute Gasteiger partial charge is 0.143 e. The van der Waals surface area contributed by atoms with E-state index >= 15 is 0 Å². The van der Waals surface area contributed by atoms with E-state index in [-0.39, 0.29) is 0 Å². The Morgan fingerprint density at radius 1 is 1.33 bits per heavy atom. The van der Waals surface area contributed by atoms with Gasteiger partial charge in [0, 0.05) is 42.4 Å². The molecule has 1 heterocycles. The first kappa shape index (κ1) is 16.5. The third-order valence-corrected chi connectivity index (χ3v) is 3.96. The molecule has 7 heteroatoms. The molecule has 4 nitrogen and oxygen atoms in total. The standard InChI is InChI=1S/C14H16Cl2N2O2S/c1-19-4-2-17-8-10-6-11(15)7-12(16)14(10)20-9-13-18-3-5-21-13/h3,5-7,17H,2,4,8-9H2,1H3. The fourth-order valence-electron chi connectivity index (χ4n) is 1.76. The molecule has 0 aliphatic carbocycles. The lowest BCUT2D eigenvalue weighted by Crippen LogP contribution is -2.19. The summed E-state index contributed by atoms with van der Waals surface area (Å²) < 4.78 is 10.8. The molecule has 0 atom stereocenters. The predicted octanol–water partition coefficient (Wildman–Crippen LogP) is 3.76. The highest BCUT2D eigenvalue weighted by Crippen LogP contribution is 2.33. The summed E-state index contributed by atoms with van der Waals surface area (Å²) in [5.41, 5.74) is 0.917. The van der Waals surface area contributed by atoms with Crippen LogP contribution in [0.15, 0.2) is 23.7 Å². The number of hydrogen-bond donors (Lipinski definition) is 1. The highest BCUT2D eigenvalue weighted by Gasteiger charge is 2.11. The molecule has 1 aromatic carbocycles. The number of methoxy groups -OCH3 is 1. The first-order valence-electron chi connectivity index (χ1n) is 6.39. The molecule has 1 N–H and O–H groups in total. The van der Waals surface area contributed by atoms with E-state index in [0.29, 0.717) is 35.6 Å². The highest BCUT2D eigenvalue weighted by atomic mass is 35.5. The fraction of sp³-hybridized carbons (Fsp3) is 0.357. The van der Waals surface area contributed by atoms with Crippen LogP contribution in [-0.4, -0.2) is 25.2 Å². The molecule has 114 valence electrons. The van der Waals surface area contributed by atoms with Crippen molar-refractivity contribution in [2.45, 2.75) is 13.2 Å². The summed E-state index contributed by atoms with van der Waals surface area (Å²) >= 11 is 13.8. The van der Waals surface area contributed by atoms with Crippen molar-refractivity contribution in [3.63, 3.8) is 0 Å². The zero-order chi connectivity index (χ0) is 15.1. The number of thiazole rings is 1. The highest BCUT2D eigenvalue weighted by molar-refractivity contribution is 7.09. The second-order valence-electron chi connectivity index (χ2n) is 4.26. The third-order valence-electron chi connectivity index (χ3n) is 2.71. The van der Waals surface area contributed by atoms with Gasteiger partial charge < -0.3 is 14.8 Å². The van der Waals surface area contributed by atoms with Crippen LogP contribution in [0, 0.1) is 0 Å². The summed E-state index contributed by atoms with van der Waals surface area (Å²) in [6.07, 6.45) is 1.75. The van der Waals surface area contributed by atoms with Gasteiger partial charge in [0.05, 0.1) is 11.6 Å². The van der Waals surface area contributed by atoms with Crippen LogP contribution in [0.4, 0.5) is 0 Å². The molecular weight excluding hydrogens is 331 g/mol. The molecule has 0 spiro atoms. The van der Waals surface area contributed by atoms with Crippen molar-refractivity contribution in [2.24, 2.45) is 0 Å². The Balaban J connectivity index is 2.06. The summed E-state index contributed by atoms with van der Waals surface area (Å²) in [6, 6.07) is 3.53. The van der Waals surface area contributed by atoms with Gasteiger partial charge in [0.15, 0.2) is 0 Å². The van der Waals surface area contributed by atoms with Gasteiger partial charge in [-0.1, -0.05) is 23.2 Å². The number of hydrogen-bond acceptors (Lipinski definition) is 5. The molecule has 0 amide bonds. The summed E-state index contributed by atoms with van der Waals surface area (Å²) in [4.78, 5) is 4.19. The largest absolute Gasteiger partial charge is 0.485 e. The molecular formula is C14H16Cl2N2O2S. The van der Waals surface area contributed by atoms with Crippen LogP contribution in [-0.2, 0) is 17.9 Å². The van der Waals surface area contributed by atoms with Gasteiger partial charge in [-0.2, -0.15) is 0 Å². The monoisotopic (exact) mass is 346 g/mol. The summed E-state index contributed by atoms with van der Waals surface area (Å²) in [6.45, 7) is 2.39. The van der Waals surface area contributed by atoms with Crippen molar-refractivity contribution in [3.05, 3.63) is 44.3 Å². The van der Waals surface area contributed by atoms with Gasteiger partial charge in [-0.05, 0) is 12.1 Å². The predicted molar refractivity (Wildman–Crippen MR) is 86.5 cm³/mol. The maximum absolute atomic E-state index is 6.24. The van der Waals surface area contributed by atoms with Crippen molar-refractivity contribution in [2.75, 3.05) is 20.3 Å². The van der Waals surface area contributed by atoms with Crippen molar-refractivity contribution in [1.82, 2.24) is 10.3 Å². The summed E-state index contributed by atoms with van der Waals surface area (Å²) in [5, 5.41) is 7.16. The number of nitrogens with zero attached hydrogens (tertiary/aromatic N) is 1. The SMILES string of the molecule is COCCNCc1cc(Cl)cc(Cl)c1OCc1nccs1. The Hall–Kier alpha value is -0.850. The first-order chi connectivity index (χ1) is 10.2. The number of benzene rings is 1. The van der Waals surface area contributed by atoms with E-state index in [0.717, 1.165) is 17.1 Å². The second kappa shape index (κ2) is 8.56. The van der Waals surface area contributed by atoms with Gasteiger partial charge in [-0.15, -0.1) is 11.3 Å². The van der Waals surface area contributed by atoms with Crippen molar-refractivity contribution >= 4 is 34.5 Å². The van der Waals surface area contributed by atoms with Crippen LogP contribution in [0.2, 0.25) is 10.0 Å². The average molecular weight is 347 g/mol. The number of nitrogens with one attached hydrogen (secondary N) is 1. The summed E-state index contributed by atoms with van der Waals surface area (Å²) in [5.74, 6) is 0.640. The lowest BCUT2D eigenvalue weighted by Gasteiger charge is -2.14. The third kappa shape index (κ3) is 5.13. The molecule has 0 bridgehead atoms. The second-order valence-corrected chi connectivity index (χ2v) is 6.08. The van der Waals surface area contributed by atoms with E-state index in [1.807, 2.05) is 11.4 Å². The Morgan fingerprint density at radius 3 is 2.90 bits per heavy atom. The van der Waals surface area contributed by atoms with Gasteiger partial charge in [-0.25, -0.2) is 4.98 Å². The van der Waals surface area contributed by atoms with E-state index < -0.39 is 0 Å². The minimum absolute atomic E-state index is 0.393. The van der Waals surface area contributed by atoms with E-state index in [1.165, 1.54) is 0 Å². The lowest BCUT2D eigenvalue weighted by molar-refractivity contribution is 0.199. The van der Waals surface area contributed by atoms with Crippen LogP contribution < -0.4 is 10.1 Å². The van der Waals surface area contributed by atoms with Crippen molar-refractivity contribution in [1.29, 1.82) is 0 Å². The first-order valence-corrected chi connectivity index (χ1v) is 8.03. The van der Waals surface area contributed by atoms with Gasteiger partial charge in [-0.3, -0.25) is 0 Å². The number of rotatable bonds is 8. The number of aromatic nitrogens is 1. The molecule has 1 aromatic heterocycles. The van der Waals surface area contributed by atoms with Crippen LogP contribution in [0.25, 0.3) is 0 Å². The Morgan fingerprint density at radius 2 is 2.19 bits per heavy atom. The van der Waals surface area contributed by atoms with Gasteiger partial charge in [0.1, 0.15) is 17.4 Å². The van der Waals surface area contributed by atoms with E-state index in [4.69, 9.17) is 32.7 Å². The summed E-state index contributed by atoms with van der Waals surface area (Å²) in [7, 11) is 1.67. The minimum atomic E-state index is 0.393. The van der Waals surface area contributed by atoms with E-state index in [9.17, 15) is 0 Å². The van der Waals surface area contributed by atoms with Gasteiger partial charge >= 0.3 is 0 Å². The molecule has 0 radical (unpaired) electrons. The molecule has 0 saturated heterocycles. The zero-order valence-electron chi connectivity index (χ0n) is 11.6. The van der Waals surface area contributed by atoms with Crippen LogP contribution >= 0.6 is 34.5 Å². The molecule has 0 unspecified atom stereocenters. The topological polar surface area (TPSA) is 43.4 Å². The molecule has 0 saturated carbocycles. The van der Waals surface area contributed by atoms with Crippen LogP contribution in [0.1, 0.15) is 10.6 Å². The normalized spacial score (nSPS) is 10.8. The Kier molecular flexibility index (Phi) is 6.73. The minimum Gasteiger partial charge on any atom is -0.485 e. The Labute approximate surface area is 138 Å². The van der Waals surface area contributed by atoms with E-state index in [1.54, 1.807) is 30.7 Å². The average Bonchev–Trinajstić information content (AvgIpc) is 2.95. The number of halogens is 2. The molecule has 2 rings (SSSR count). The maximum atomic E-state index is 6.24. The lowest BCUT2D eigenvalue weighted by atomic mass is 10.2. The fourth-order valence-corrected chi connectivity index (χ4v) is 2.88. The number of ether oxygens (including phenoxy) is 2. The van der Waals surface area contributed by atoms with Gasteiger partial charge in [0.2, 0.25) is 0 Å². The van der Waals surface area contributed by atoms with Crippen molar-refractivity contribution < 1.29 is 9.47 Å². The van der Waals surface area contributed by atoms with Crippen LogP contribution in [0.3, 0.4) is 0 Å². The molecule has 21 heavy (non-hydrogen) atoms. The molecule has 0 aliphatic rings. The van der Waals surface area contributed by atoms with Gasteiger partial charge in [0.25, 0.3) is 0 Å². The van der Waals surface area contributed by atoms with E-state index in [2.05, 4.69) is 10.3 Å². The quantitative estimate of drug-likeness (QED) is 0.739. The Bertz CT molecular complexity index is 564. The van der Waals surface area contributed by atoms with Crippen molar-refractivity contribution in [3.8, 4) is 5.75 Å².